The van der Waals surface area contributed by atoms with Crippen LogP contribution in [0.5, 0.6) is 11.5 Å². The second kappa shape index (κ2) is 8.51. The molecule has 0 radical (unpaired) electrons. The minimum atomic E-state index is -0.783. The second-order valence-electron chi connectivity index (χ2n) is 7.90. The van der Waals surface area contributed by atoms with Crippen molar-refractivity contribution < 1.29 is 23.9 Å². The number of methoxy groups -OCH3 is 2. The van der Waals surface area contributed by atoms with E-state index in [1.165, 1.54) is 24.0 Å². The smallest absolute Gasteiger partial charge is 0.264 e. The Labute approximate surface area is 195 Å². The van der Waals surface area contributed by atoms with Gasteiger partial charge in [0.2, 0.25) is 5.91 Å². The van der Waals surface area contributed by atoms with Gasteiger partial charge in [-0.3, -0.25) is 24.3 Å². The molecule has 1 aromatic heterocycles. The standard InChI is InChI=1S/C25H22N4O5/c1-33-19-10-9-17-21(22(19)34-2)25(32)29-18-8-4-3-7-16(18)24(31)28(23(17)29)14-20(30)27-13-15-6-5-11-26-12-15/h3-12,23H,13-14H2,1-2H3,(H,27,30)/t23-/m1/s1. The molecule has 9 nitrogen and oxygen atoms in total. The molecule has 3 heterocycles. The Morgan fingerprint density at radius 2 is 1.85 bits per heavy atom. The molecule has 172 valence electrons. The Morgan fingerprint density at radius 3 is 2.59 bits per heavy atom. The molecule has 3 amide bonds. The van der Waals surface area contributed by atoms with E-state index in [-0.39, 0.29) is 30.8 Å². The van der Waals surface area contributed by atoms with E-state index in [0.717, 1.165) is 5.56 Å². The number of benzene rings is 2. The lowest BCUT2D eigenvalue weighted by atomic mass is 10.0. The zero-order valence-electron chi connectivity index (χ0n) is 18.6. The van der Waals surface area contributed by atoms with Gasteiger partial charge in [-0.15, -0.1) is 0 Å². The monoisotopic (exact) mass is 458 g/mol. The molecule has 0 aliphatic carbocycles. The number of hydrogen-bond donors (Lipinski definition) is 1. The molecule has 3 aromatic rings. The average molecular weight is 458 g/mol. The van der Waals surface area contributed by atoms with E-state index >= 15 is 0 Å². The number of ether oxygens (including phenoxy) is 2. The SMILES string of the molecule is COc1ccc2c(c1OC)C(=O)N1c3ccccc3C(=O)N(CC(=O)NCc3cccnc3)[C@@H]21. The third-order valence-corrected chi connectivity index (χ3v) is 6.01. The van der Waals surface area contributed by atoms with Crippen molar-refractivity contribution in [2.24, 2.45) is 0 Å². The van der Waals surface area contributed by atoms with Crippen LogP contribution < -0.4 is 19.7 Å². The highest BCUT2D eigenvalue weighted by Gasteiger charge is 2.50. The Hall–Kier alpha value is -4.40. The molecule has 34 heavy (non-hydrogen) atoms. The zero-order valence-corrected chi connectivity index (χ0v) is 18.6. The lowest BCUT2D eigenvalue weighted by molar-refractivity contribution is -0.122. The highest BCUT2D eigenvalue weighted by Crippen LogP contribution is 2.49. The van der Waals surface area contributed by atoms with E-state index in [2.05, 4.69) is 10.3 Å². The number of carbonyl (C=O) groups is 3. The summed E-state index contributed by atoms with van der Waals surface area (Å²) in [5.41, 5.74) is 2.58. The summed E-state index contributed by atoms with van der Waals surface area (Å²) in [5, 5.41) is 2.83. The fourth-order valence-electron chi connectivity index (χ4n) is 4.50. The van der Waals surface area contributed by atoms with Crippen LogP contribution in [0.15, 0.2) is 60.9 Å². The molecule has 0 bridgehead atoms. The third kappa shape index (κ3) is 3.33. The van der Waals surface area contributed by atoms with Crippen molar-refractivity contribution in [3.8, 4) is 11.5 Å². The lowest BCUT2D eigenvalue weighted by Gasteiger charge is -2.40. The fraction of sp³-hybridized carbons (Fsp3) is 0.200. The van der Waals surface area contributed by atoms with Crippen molar-refractivity contribution in [2.45, 2.75) is 12.7 Å². The van der Waals surface area contributed by atoms with E-state index in [4.69, 9.17) is 9.47 Å². The minimum Gasteiger partial charge on any atom is -0.493 e. The van der Waals surface area contributed by atoms with Crippen LogP contribution in [0.3, 0.4) is 0 Å². The molecule has 1 atom stereocenters. The Kier molecular flexibility index (Phi) is 5.37. The van der Waals surface area contributed by atoms with Gasteiger partial charge < -0.3 is 19.7 Å². The molecule has 0 spiro atoms. The van der Waals surface area contributed by atoms with Gasteiger partial charge in [0.1, 0.15) is 12.7 Å². The predicted molar refractivity (Wildman–Crippen MR) is 123 cm³/mol. The van der Waals surface area contributed by atoms with Crippen molar-refractivity contribution in [3.63, 3.8) is 0 Å². The van der Waals surface area contributed by atoms with Gasteiger partial charge in [0.15, 0.2) is 11.5 Å². The van der Waals surface area contributed by atoms with Crippen molar-refractivity contribution in [3.05, 3.63) is 83.2 Å². The number of anilines is 1. The number of nitrogens with zero attached hydrogens (tertiary/aromatic N) is 3. The van der Waals surface area contributed by atoms with E-state index in [0.29, 0.717) is 33.9 Å². The van der Waals surface area contributed by atoms with Gasteiger partial charge in [-0.1, -0.05) is 24.3 Å². The Morgan fingerprint density at radius 1 is 1.03 bits per heavy atom. The summed E-state index contributed by atoms with van der Waals surface area (Å²) in [7, 11) is 2.96. The number of aromatic nitrogens is 1. The molecule has 2 aliphatic rings. The number of fused-ring (bicyclic) bond motifs is 5. The summed E-state index contributed by atoms with van der Waals surface area (Å²) in [6, 6.07) is 14.0. The van der Waals surface area contributed by atoms with Crippen LogP contribution in [0.2, 0.25) is 0 Å². The van der Waals surface area contributed by atoms with Crippen LogP contribution >= 0.6 is 0 Å². The van der Waals surface area contributed by atoms with Crippen LogP contribution in [-0.4, -0.2) is 48.4 Å². The van der Waals surface area contributed by atoms with Crippen LogP contribution in [0.25, 0.3) is 0 Å². The molecule has 1 N–H and O–H groups in total. The van der Waals surface area contributed by atoms with E-state index in [1.54, 1.807) is 54.9 Å². The maximum atomic E-state index is 13.6. The van der Waals surface area contributed by atoms with Gasteiger partial charge in [-0.05, 0) is 29.8 Å². The van der Waals surface area contributed by atoms with Crippen LogP contribution in [0, 0.1) is 0 Å². The number of nitrogens with one attached hydrogen (secondary N) is 1. The molecule has 2 aromatic carbocycles. The molecular formula is C25H22N4O5. The number of para-hydroxylation sites is 1. The Bertz CT molecular complexity index is 1290. The number of pyridine rings is 1. The molecule has 0 saturated carbocycles. The summed E-state index contributed by atoms with van der Waals surface area (Å²) in [6.07, 6.45) is 2.53. The summed E-state index contributed by atoms with van der Waals surface area (Å²) in [4.78, 5) is 47.0. The largest absolute Gasteiger partial charge is 0.493 e. The minimum absolute atomic E-state index is 0.227. The summed E-state index contributed by atoms with van der Waals surface area (Å²) in [5.74, 6) is -0.293. The molecule has 5 rings (SSSR count). The first-order valence-corrected chi connectivity index (χ1v) is 10.7. The molecule has 0 saturated heterocycles. The van der Waals surface area contributed by atoms with Gasteiger partial charge in [-0.25, -0.2) is 0 Å². The van der Waals surface area contributed by atoms with Gasteiger partial charge >= 0.3 is 0 Å². The van der Waals surface area contributed by atoms with Crippen LogP contribution in [-0.2, 0) is 11.3 Å². The molecule has 0 unspecified atom stereocenters. The zero-order chi connectivity index (χ0) is 23.8. The van der Waals surface area contributed by atoms with E-state index < -0.39 is 6.17 Å². The summed E-state index contributed by atoms with van der Waals surface area (Å²) >= 11 is 0. The van der Waals surface area contributed by atoms with Gasteiger partial charge in [-0.2, -0.15) is 0 Å². The number of rotatable bonds is 6. The molecular weight excluding hydrogens is 436 g/mol. The molecule has 9 heteroatoms. The first-order chi connectivity index (χ1) is 16.5. The van der Waals surface area contributed by atoms with E-state index in [9.17, 15) is 14.4 Å². The predicted octanol–water partition coefficient (Wildman–Crippen LogP) is 2.53. The number of carbonyl (C=O) groups excluding carboxylic acids is 3. The maximum absolute atomic E-state index is 13.6. The van der Waals surface area contributed by atoms with Gasteiger partial charge in [0.05, 0.1) is 31.0 Å². The highest BCUT2D eigenvalue weighted by molar-refractivity contribution is 6.18. The normalized spacial score (nSPS) is 16.0. The molecule has 0 fully saturated rings. The van der Waals surface area contributed by atoms with Crippen LogP contribution in [0.4, 0.5) is 5.69 Å². The Balaban J connectivity index is 1.54. The average Bonchev–Trinajstić information content (AvgIpc) is 3.17. The second-order valence-corrected chi connectivity index (χ2v) is 7.90. The third-order valence-electron chi connectivity index (χ3n) is 6.01. The maximum Gasteiger partial charge on any atom is 0.264 e. The van der Waals surface area contributed by atoms with Gasteiger partial charge in [0.25, 0.3) is 11.8 Å². The number of hydrogen-bond acceptors (Lipinski definition) is 6. The van der Waals surface area contributed by atoms with Gasteiger partial charge in [0, 0.05) is 24.5 Å². The first-order valence-electron chi connectivity index (χ1n) is 10.7. The fourth-order valence-corrected chi connectivity index (χ4v) is 4.50. The highest BCUT2D eigenvalue weighted by atomic mass is 16.5. The van der Waals surface area contributed by atoms with Crippen molar-refractivity contribution >= 4 is 23.4 Å². The summed E-state index contributed by atoms with van der Waals surface area (Å²) < 4.78 is 10.9. The van der Waals surface area contributed by atoms with Crippen molar-refractivity contribution in [1.82, 2.24) is 15.2 Å². The lowest BCUT2D eigenvalue weighted by Crippen LogP contribution is -2.51. The topological polar surface area (TPSA) is 101 Å². The molecule has 2 aliphatic heterocycles. The summed E-state index contributed by atoms with van der Waals surface area (Å²) in [6.45, 7) is 0.0515. The van der Waals surface area contributed by atoms with Crippen molar-refractivity contribution in [1.29, 1.82) is 0 Å². The quantitative estimate of drug-likeness (QED) is 0.609. The first kappa shape index (κ1) is 21.4. The van der Waals surface area contributed by atoms with Crippen LogP contribution in [0.1, 0.15) is 38.0 Å². The number of amides is 3. The van der Waals surface area contributed by atoms with E-state index in [1.807, 2.05) is 6.07 Å². The van der Waals surface area contributed by atoms with Crippen molar-refractivity contribution in [2.75, 3.05) is 25.7 Å².